The normalized spacial score (nSPS) is 40.7. The number of hydrogen-bond acceptors (Lipinski definition) is 2. The van der Waals surface area contributed by atoms with Crippen LogP contribution >= 0.6 is 15.9 Å². The second-order valence-corrected chi connectivity index (χ2v) is 5.92. The number of esters is 1. The van der Waals surface area contributed by atoms with Gasteiger partial charge in [0.25, 0.3) is 0 Å². The summed E-state index contributed by atoms with van der Waals surface area (Å²) in [6.07, 6.45) is 7.58. The molecule has 15 heavy (non-hydrogen) atoms. The predicted octanol–water partition coefficient (Wildman–Crippen LogP) is 3.14. The molecule has 0 heterocycles. The fourth-order valence-electron chi connectivity index (χ4n) is 3.26. The maximum Gasteiger partial charge on any atom is 0.309 e. The van der Waals surface area contributed by atoms with Gasteiger partial charge < -0.3 is 4.74 Å². The Morgan fingerprint density at radius 1 is 1.20 bits per heavy atom. The molecule has 0 radical (unpaired) electrons. The van der Waals surface area contributed by atoms with Crippen LogP contribution in [-0.4, -0.2) is 17.9 Å². The zero-order chi connectivity index (χ0) is 10.8. The highest BCUT2D eigenvalue weighted by Crippen LogP contribution is 2.46. The molecule has 2 nitrogen and oxygen atoms in total. The molecule has 0 amide bonds. The molecule has 0 unspecified atom stereocenters. The number of fused-ring (bicyclic) bond motifs is 1. The van der Waals surface area contributed by atoms with E-state index in [4.69, 9.17) is 4.74 Å². The Labute approximate surface area is 99.9 Å². The average molecular weight is 275 g/mol. The molecule has 0 aromatic rings. The van der Waals surface area contributed by atoms with Crippen molar-refractivity contribution in [2.75, 3.05) is 7.11 Å². The van der Waals surface area contributed by atoms with Crippen molar-refractivity contribution in [1.29, 1.82) is 0 Å². The van der Waals surface area contributed by atoms with Crippen LogP contribution < -0.4 is 0 Å². The standard InChI is InChI=1S/C12H19BrO2/c1-15-12(14)10-7-6-8-4-2-3-5-9(8)11(10)13/h8-11H,2-7H2,1H3/t8-,9+,10-,11+/m1/s1. The van der Waals surface area contributed by atoms with Crippen LogP contribution in [0, 0.1) is 17.8 Å². The van der Waals surface area contributed by atoms with E-state index < -0.39 is 0 Å². The molecule has 0 aromatic carbocycles. The highest BCUT2D eigenvalue weighted by molar-refractivity contribution is 9.09. The van der Waals surface area contributed by atoms with Gasteiger partial charge in [-0.05, 0) is 31.1 Å². The Morgan fingerprint density at radius 2 is 1.93 bits per heavy atom. The fraction of sp³-hybridized carbons (Fsp3) is 0.917. The number of methoxy groups -OCH3 is 1. The molecule has 2 aliphatic carbocycles. The lowest BCUT2D eigenvalue weighted by Gasteiger charge is -2.42. The molecule has 2 rings (SSSR count). The second kappa shape index (κ2) is 4.86. The maximum atomic E-state index is 11.6. The van der Waals surface area contributed by atoms with Gasteiger partial charge >= 0.3 is 5.97 Å². The summed E-state index contributed by atoms with van der Waals surface area (Å²) in [6.45, 7) is 0. The maximum absolute atomic E-state index is 11.6. The molecule has 3 heteroatoms. The average Bonchev–Trinajstić information content (AvgIpc) is 2.29. The number of rotatable bonds is 1. The van der Waals surface area contributed by atoms with Crippen LogP contribution in [0.3, 0.4) is 0 Å². The van der Waals surface area contributed by atoms with Crippen LogP contribution in [0.25, 0.3) is 0 Å². The number of carbonyl (C=O) groups excluding carboxylic acids is 1. The van der Waals surface area contributed by atoms with Crippen LogP contribution in [0.5, 0.6) is 0 Å². The fourth-order valence-corrected chi connectivity index (χ4v) is 4.44. The van der Waals surface area contributed by atoms with E-state index in [1.165, 1.54) is 39.2 Å². The third kappa shape index (κ3) is 2.22. The quantitative estimate of drug-likeness (QED) is 0.543. The van der Waals surface area contributed by atoms with Gasteiger partial charge in [0.05, 0.1) is 13.0 Å². The minimum Gasteiger partial charge on any atom is -0.469 e. The van der Waals surface area contributed by atoms with E-state index in [1.807, 2.05) is 0 Å². The Kier molecular flexibility index (Phi) is 3.70. The summed E-state index contributed by atoms with van der Waals surface area (Å²) >= 11 is 3.74. The predicted molar refractivity (Wildman–Crippen MR) is 62.9 cm³/mol. The molecule has 0 spiro atoms. The minimum atomic E-state index is -0.0269. The van der Waals surface area contributed by atoms with Crippen LogP contribution in [0.4, 0.5) is 0 Å². The van der Waals surface area contributed by atoms with Crippen molar-refractivity contribution in [3.05, 3.63) is 0 Å². The zero-order valence-electron chi connectivity index (χ0n) is 9.25. The van der Waals surface area contributed by atoms with Gasteiger partial charge in [-0.1, -0.05) is 35.2 Å². The van der Waals surface area contributed by atoms with Crippen molar-refractivity contribution < 1.29 is 9.53 Å². The molecule has 0 saturated heterocycles. The highest BCUT2D eigenvalue weighted by Gasteiger charge is 2.42. The first-order valence-electron chi connectivity index (χ1n) is 5.96. The summed E-state index contributed by atoms with van der Waals surface area (Å²) in [7, 11) is 1.50. The molecule has 86 valence electrons. The third-order valence-corrected chi connectivity index (χ3v) is 5.43. The largest absolute Gasteiger partial charge is 0.469 e. The summed E-state index contributed by atoms with van der Waals surface area (Å²) in [5.74, 6) is 1.62. The van der Waals surface area contributed by atoms with Crippen molar-refractivity contribution in [1.82, 2.24) is 0 Å². The van der Waals surface area contributed by atoms with E-state index in [2.05, 4.69) is 15.9 Å². The molecule has 2 fully saturated rings. The van der Waals surface area contributed by atoms with Crippen molar-refractivity contribution in [2.24, 2.45) is 17.8 Å². The van der Waals surface area contributed by atoms with Crippen molar-refractivity contribution in [3.8, 4) is 0 Å². The number of hydrogen-bond donors (Lipinski definition) is 0. The number of halogens is 1. The second-order valence-electron chi connectivity index (χ2n) is 4.86. The summed E-state index contributed by atoms with van der Waals surface area (Å²) < 4.78 is 4.87. The van der Waals surface area contributed by atoms with Gasteiger partial charge in [-0.25, -0.2) is 0 Å². The lowest BCUT2D eigenvalue weighted by molar-refractivity contribution is -0.147. The van der Waals surface area contributed by atoms with Gasteiger partial charge in [-0.3, -0.25) is 4.79 Å². The third-order valence-electron chi connectivity index (χ3n) is 4.11. The Bertz CT molecular complexity index is 242. The van der Waals surface area contributed by atoms with Gasteiger partial charge in [0.15, 0.2) is 0 Å². The summed E-state index contributed by atoms with van der Waals surface area (Å²) in [4.78, 5) is 12.0. The highest BCUT2D eigenvalue weighted by atomic mass is 79.9. The SMILES string of the molecule is COC(=O)[C@@H]1CC[C@H]2CCCC[C@@H]2[C@@H]1Br. The van der Waals surface area contributed by atoms with E-state index in [1.54, 1.807) is 0 Å². The van der Waals surface area contributed by atoms with E-state index in [0.717, 1.165) is 12.3 Å². The number of carbonyl (C=O) groups is 1. The molecular weight excluding hydrogens is 256 g/mol. The first-order valence-corrected chi connectivity index (χ1v) is 6.87. The van der Waals surface area contributed by atoms with E-state index >= 15 is 0 Å². The monoisotopic (exact) mass is 274 g/mol. The molecule has 0 N–H and O–H groups in total. The molecule has 0 aromatic heterocycles. The lowest BCUT2D eigenvalue weighted by Crippen LogP contribution is -2.40. The van der Waals surface area contributed by atoms with E-state index in [0.29, 0.717) is 10.7 Å². The molecule has 2 aliphatic rings. The van der Waals surface area contributed by atoms with E-state index in [9.17, 15) is 4.79 Å². The molecule has 2 saturated carbocycles. The van der Waals surface area contributed by atoms with Gasteiger partial charge in [-0.15, -0.1) is 0 Å². The molecule has 0 aliphatic heterocycles. The Hall–Kier alpha value is -0.0500. The van der Waals surface area contributed by atoms with Crippen LogP contribution in [-0.2, 0) is 9.53 Å². The van der Waals surface area contributed by atoms with Gasteiger partial charge in [0, 0.05) is 4.83 Å². The molecule has 4 atom stereocenters. The van der Waals surface area contributed by atoms with Crippen molar-refractivity contribution >= 4 is 21.9 Å². The van der Waals surface area contributed by atoms with E-state index in [-0.39, 0.29) is 11.9 Å². The van der Waals surface area contributed by atoms with Gasteiger partial charge in [0.1, 0.15) is 0 Å². The van der Waals surface area contributed by atoms with Crippen LogP contribution in [0.1, 0.15) is 38.5 Å². The van der Waals surface area contributed by atoms with Gasteiger partial charge in [0.2, 0.25) is 0 Å². The topological polar surface area (TPSA) is 26.3 Å². The van der Waals surface area contributed by atoms with Crippen LogP contribution in [0.15, 0.2) is 0 Å². The summed E-state index contributed by atoms with van der Waals surface area (Å²) in [5, 5.41) is 0. The number of alkyl halides is 1. The number of ether oxygens (including phenoxy) is 1. The first-order chi connectivity index (χ1) is 7.24. The van der Waals surface area contributed by atoms with Gasteiger partial charge in [-0.2, -0.15) is 0 Å². The summed E-state index contributed by atoms with van der Waals surface area (Å²) in [6, 6.07) is 0. The first kappa shape index (κ1) is 11.4. The Balaban J connectivity index is 2.04. The molecular formula is C12H19BrO2. The van der Waals surface area contributed by atoms with Crippen molar-refractivity contribution in [3.63, 3.8) is 0 Å². The zero-order valence-corrected chi connectivity index (χ0v) is 10.8. The smallest absolute Gasteiger partial charge is 0.309 e. The summed E-state index contributed by atoms with van der Waals surface area (Å²) in [5.41, 5.74) is 0. The Morgan fingerprint density at radius 3 is 2.67 bits per heavy atom. The molecule has 0 bridgehead atoms. The lowest BCUT2D eigenvalue weighted by atomic mass is 9.67. The van der Waals surface area contributed by atoms with Crippen LogP contribution in [0.2, 0.25) is 0 Å². The van der Waals surface area contributed by atoms with Crippen molar-refractivity contribution in [2.45, 2.75) is 43.4 Å². The minimum absolute atomic E-state index is 0.0269.